The first kappa shape index (κ1) is 13.5. The maximum absolute atomic E-state index is 12.2. The zero-order valence-corrected chi connectivity index (χ0v) is 11.1. The lowest BCUT2D eigenvalue weighted by atomic mass is 9.94. The first-order valence-corrected chi connectivity index (χ1v) is 6.46. The summed E-state index contributed by atoms with van der Waals surface area (Å²) in [6.45, 7) is 10.9. The summed E-state index contributed by atoms with van der Waals surface area (Å²) in [6.07, 6.45) is 1.15. The van der Waals surface area contributed by atoms with Gasteiger partial charge in [0.05, 0.1) is 5.92 Å². The first-order valence-electron chi connectivity index (χ1n) is 6.46. The molecule has 1 aliphatic heterocycles. The van der Waals surface area contributed by atoms with Crippen molar-refractivity contribution < 1.29 is 4.79 Å². The summed E-state index contributed by atoms with van der Waals surface area (Å²) in [6, 6.07) is 0. The number of hydrogen-bond donors (Lipinski definition) is 1. The third kappa shape index (κ3) is 2.97. The Balaban J connectivity index is 2.56. The van der Waals surface area contributed by atoms with Crippen LogP contribution in [0.5, 0.6) is 0 Å². The van der Waals surface area contributed by atoms with Crippen molar-refractivity contribution in [2.45, 2.75) is 34.1 Å². The topological polar surface area (TPSA) is 46.3 Å². The number of amides is 1. The van der Waals surface area contributed by atoms with Crippen LogP contribution in [0.25, 0.3) is 0 Å². The van der Waals surface area contributed by atoms with Crippen LogP contribution in [0.3, 0.4) is 0 Å². The van der Waals surface area contributed by atoms with Crippen molar-refractivity contribution in [3.05, 3.63) is 0 Å². The van der Waals surface area contributed by atoms with Crippen molar-refractivity contribution >= 4 is 5.91 Å². The van der Waals surface area contributed by atoms with Crippen LogP contribution >= 0.6 is 0 Å². The van der Waals surface area contributed by atoms with Gasteiger partial charge in [0.25, 0.3) is 0 Å². The number of nitrogens with two attached hydrogens (primary N) is 1. The van der Waals surface area contributed by atoms with Crippen LogP contribution in [0.4, 0.5) is 0 Å². The number of rotatable bonds is 4. The number of carbonyl (C=O) groups excluding carboxylic acids is 1. The van der Waals surface area contributed by atoms with Crippen molar-refractivity contribution in [3.63, 3.8) is 0 Å². The molecule has 94 valence electrons. The van der Waals surface area contributed by atoms with Gasteiger partial charge in [0.2, 0.25) is 5.91 Å². The second kappa shape index (κ2) is 5.67. The van der Waals surface area contributed by atoms with Crippen molar-refractivity contribution in [1.29, 1.82) is 0 Å². The first-order chi connectivity index (χ1) is 7.47. The summed E-state index contributed by atoms with van der Waals surface area (Å²) in [7, 11) is 0. The SMILES string of the molecule is CC(C)C1CCN(C(=O)C(CN)C(C)C)C1. The predicted molar refractivity (Wildman–Crippen MR) is 66.9 cm³/mol. The van der Waals surface area contributed by atoms with E-state index in [1.807, 2.05) is 4.90 Å². The van der Waals surface area contributed by atoms with E-state index in [2.05, 4.69) is 27.7 Å². The van der Waals surface area contributed by atoms with Crippen LogP contribution in [-0.2, 0) is 4.79 Å². The second-order valence-corrected chi connectivity index (χ2v) is 5.66. The molecule has 2 unspecified atom stereocenters. The molecule has 3 heteroatoms. The van der Waals surface area contributed by atoms with Gasteiger partial charge >= 0.3 is 0 Å². The van der Waals surface area contributed by atoms with Crippen LogP contribution < -0.4 is 5.73 Å². The molecule has 0 saturated carbocycles. The average molecular weight is 226 g/mol. The van der Waals surface area contributed by atoms with Crippen molar-refractivity contribution in [2.75, 3.05) is 19.6 Å². The molecule has 1 rings (SSSR count). The lowest BCUT2D eigenvalue weighted by Crippen LogP contribution is -2.40. The number of nitrogens with zero attached hydrogens (tertiary/aromatic N) is 1. The van der Waals surface area contributed by atoms with E-state index in [9.17, 15) is 4.79 Å². The van der Waals surface area contributed by atoms with Gasteiger partial charge in [0, 0.05) is 19.6 Å². The van der Waals surface area contributed by atoms with E-state index < -0.39 is 0 Å². The van der Waals surface area contributed by atoms with E-state index in [4.69, 9.17) is 5.73 Å². The number of hydrogen-bond acceptors (Lipinski definition) is 2. The molecule has 1 aliphatic rings. The van der Waals surface area contributed by atoms with Crippen molar-refractivity contribution in [1.82, 2.24) is 4.90 Å². The Morgan fingerprint density at radius 1 is 1.38 bits per heavy atom. The number of likely N-dealkylation sites (tertiary alicyclic amines) is 1. The summed E-state index contributed by atoms with van der Waals surface area (Å²) in [4.78, 5) is 14.2. The molecule has 0 aromatic rings. The zero-order valence-electron chi connectivity index (χ0n) is 11.1. The van der Waals surface area contributed by atoms with E-state index in [1.54, 1.807) is 0 Å². The number of carbonyl (C=O) groups is 1. The van der Waals surface area contributed by atoms with E-state index >= 15 is 0 Å². The molecule has 2 atom stereocenters. The molecule has 1 amide bonds. The molecule has 1 heterocycles. The average Bonchev–Trinajstić information content (AvgIpc) is 2.66. The minimum absolute atomic E-state index is 0.00547. The molecule has 0 aliphatic carbocycles. The molecule has 0 radical (unpaired) electrons. The maximum atomic E-state index is 12.2. The van der Waals surface area contributed by atoms with Crippen LogP contribution in [-0.4, -0.2) is 30.4 Å². The van der Waals surface area contributed by atoms with Gasteiger partial charge in [-0.05, 0) is 24.2 Å². The summed E-state index contributed by atoms with van der Waals surface area (Å²) >= 11 is 0. The molecule has 0 aromatic heterocycles. The fourth-order valence-electron chi connectivity index (χ4n) is 2.42. The Morgan fingerprint density at radius 2 is 2.00 bits per heavy atom. The van der Waals surface area contributed by atoms with Crippen LogP contribution in [0, 0.1) is 23.7 Å². The Bertz CT molecular complexity index is 238. The van der Waals surface area contributed by atoms with Gasteiger partial charge in [-0.15, -0.1) is 0 Å². The van der Waals surface area contributed by atoms with Gasteiger partial charge in [-0.25, -0.2) is 0 Å². The zero-order chi connectivity index (χ0) is 12.3. The Kier molecular flexibility index (Phi) is 4.78. The highest BCUT2D eigenvalue weighted by Crippen LogP contribution is 2.25. The monoisotopic (exact) mass is 226 g/mol. The van der Waals surface area contributed by atoms with Crippen LogP contribution in [0.2, 0.25) is 0 Å². The minimum atomic E-state index is 0.00547. The highest BCUT2D eigenvalue weighted by atomic mass is 16.2. The fourth-order valence-corrected chi connectivity index (χ4v) is 2.42. The third-order valence-corrected chi connectivity index (χ3v) is 3.86. The molecule has 2 N–H and O–H groups in total. The van der Waals surface area contributed by atoms with E-state index in [-0.39, 0.29) is 11.8 Å². The predicted octanol–water partition coefficient (Wildman–Crippen LogP) is 1.72. The van der Waals surface area contributed by atoms with Crippen LogP contribution in [0.15, 0.2) is 0 Å². The third-order valence-electron chi connectivity index (χ3n) is 3.86. The molecule has 1 fully saturated rings. The van der Waals surface area contributed by atoms with Crippen LogP contribution in [0.1, 0.15) is 34.1 Å². The molecular formula is C13H26N2O. The second-order valence-electron chi connectivity index (χ2n) is 5.66. The smallest absolute Gasteiger partial charge is 0.227 e. The lowest BCUT2D eigenvalue weighted by Gasteiger charge is -2.25. The van der Waals surface area contributed by atoms with E-state index in [1.165, 1.54) is 0 Å². The molecule has 0 bridgehead atoms. The summed E-state index contributed by atoms with van der Waals surface area (Å²) in [5.74, 6) is 1.96. The molecule has 0 spiro atoms. The molecule has 16 heavy (non-hydrogen) atoms. The fraction of sp³-hybridized carbons (Fsp3) is 0.923. The van der Waals surface area contributed by atoms with Gasteiger partial charge in [-0.2, -0.15) is 0 Å². The Morgan fingerprint density at radius 3 is 2.38 bits per heavy atom. The van der Waals surface area contributed by atoms with Crippen molar-refractivity contribution in [3.8, 4) is 0 Å². The highest BCUT2D eigenvalue weighted by Gasteiger charge is 2.32. The maximum Gasteiger partial charge on any atom is 0.227 e. The lowest BCUT2D eigenvalue weighted by molar-refractivity contribution is -0.135. The van der Waals surface area contributed by atoms with Gasteiger partial charge < -0.3 is 10.6 Å². The largest absolute Gasteiger partial charge is 0.342 e. The minimum Gasteiger partial charge on any atom is -0.342 e. The summed E-state index contributed by atoms with van der Waals surface area (Å²) in [5, 5.41) is 0. The Labute approximate surface area is 99.4 Å². The van der Waals surface area contributed by atoms with E-state index in [0.29, 0.717) is 24.3 Å². The normalized spacial score (nSPS) is 23.2. The standard InChI is InChI=1S/C13H26N2O/c1-9(2)11-5-6-15(8-11)13(16)12(7-14)10(3)4/h9-12H,5-8,14H2,1-4H3. The van der Waals surface area contributed by atoms with Crippen molar-refractivity contribution in [2.24, 2.45) is 29.4 Å². The quantitative estimate of drug-likeness (QED) is 0.793. The molecular weight excluding hydrogens is 200 g/mol. The molecule has 0 aromatic carbocycles. The molecule has 3 nitrogen and oxygen atoms in total. The Hall–Kier alpha value is -0.570. The van der Waals surface area contributed by atoms with Gasteiger partial charge in [-0.3, -0.25) is 4.79 Å². The van der Waals surface area contributed by atoms with Gasteiger partial charge in [0.15, 0.2) is 0 Å². The molecule has 1 saturated heterocycles. The van der Waals surface area contributed by atoms with E-state index in [0.717, 1.165) is 19.5 Å². The van der Waals surface area contributed by atoms with Gasteiger partial charge in [0.1, 0.15) is 0 Å². The highest BCUT2D eigenvalue weighted by molar-refractivity contribution is 5.79. The summed E-state index contributed by atoms with van der Waals surface area (Å²) < 4.78 is 0. The summed E-state index contributed by atoms with van der Waals surface area (Å²) in [5.41, 5.74) is 5.69. The van der Waals surface area contributed by atoms with Gasteiger partial charge in [-0.1, -0.05) is 27.7 Å².